The van der Waals surface area contributed by atoms with Gasteiger partial charge in [0.05, 0.1) is 10.2 Å². The number of nitrogens with zero attached hydrogens (tertiary/aromatic N) is 1. The van der Waals surface area contributed by atoms with E-state index in [0.29, 0.717) is 27.1 Å². The highest BCUT2D eigenvalue weighted by atomic mass is 79.9. The molecule has 0 saturated carbocycles. The first-order valence-electron chi connectivity index (χ1n) is 6.27. The number of hydrogen-bond acceptors (Lipinski definition) is 2. The normalized spacial score (nSPS) is 11.7. The van der Waals surface area contributed by atoms with Gasteiger partial charge in [0.25, 0.3) is 5.56 Å². The zero-order chi connectivity index (χ0) is 15.1. The van der Waals surface area contributed by atoms with Crippen molar-refractivity contribution in [2.75, 3.05) is 0 Å². The zero-order valence-electron chi connectivity index (χ0n) is 11.8. The second-order valence-electron chi connectivity index (χ2n) is 5.74. The number of rotatable bonds is 1. The van der Waals surface area contributed by atoms with Crippen molar-refractivity contribution in [3.63, 3.8) is 0 Å². The summed E-state index contributed by atoms with van der Waals surface area (Å²) in [6.07, 6.45) is 0. The third kappa shape index (κ3) is 2.68. The summed E-state index contributed by atoms with van der Waals surface area (Å²) >= 11 is 3.16. The fourth-order valence-corrected chi connectivity index (χ4v) is 2.20. The molecular weight excluding hydrogens is 323 g/mol. The molecule has 0 bridgehead atoms. The topological polar surface area (TPSA) is 45.8 Å². The van der Waals surface area contributed by atoms with Crippen molar-refractivity contribution < 1.29 is 4.39 Å². The Morgan fingerprint density at radius 1 is 1.30 bits per heavy atom. The lowest BCUT2D eigenvalue weighted by Crippen LogP contribution is -2.24. The van der Waals surface area contributed by atoms with Crippen LogP contribution in [0.2, 0.25) is 0 Å². The molecule has 0 atom stereocenters. The van der Waals surface area contributed by atoms with Crippen LogP contribution >= 0.6 is 15.9 Å². The number of nitrogens with one attached hydrogen (secondary N) is 1. The van der Waals surface area contributed by atoms with Gasteiger partial charge in [-0.3, -0.25) is 4.79 Å². The van der Waals surface area contributed by atoms with Gasteiger partial charge in [-0.25, -0.2) is 9.37 Å². The van der Waals surface area contributed by atoms with E-state index in [9.17, 15) is 9.18 Å². The molecule has 0 saturated heterocycles. The van der Waals surface area contributed by atoms with Crippen molar-refractivity contribution in [1.29, 1.82) is 0 Å². The number of H-pyrrole nitrogens is 1. The highest BCUT2D eigenvalue weighted by Crippen LogP contribution is 2.29. The molecule has 0 amide bonds. The second-order valence-corrected chi connectivity index (χ2v) is 6.59. The maximum Gasteiger partial charge on any atom is 0.254 e. The summed E-state index contributed by atoms with van der Waals surface area (Å²) in [4.78, 5) is 19.3. The third-order valence-electron chi connectivity index (χ3n) is 3.07. The van der Waals surface area contributed by atoms with Crippen LogP contribution in [0, 0.1) is 12.7 Å². The standard InChI is InChI=1S/C15H16BrFN2O/c1-8-12(9-6-5-7-10(16)11(9)17)18-14(15(2,3)4)19-13(8)20/h5-7H,1-4H3,(H,18,19,20). The highest BCUT2D eigenvalue weighted by molar-refractivity contribution is 9.10. The Morgan fingerprint density at radius 3 is 2.55 bits per heavy atom. The summed E-state index contributed by atoms with van der Waals surface area (Å²) in [6, 6.07) is 4.97. The van der Waals surface area contributed by atoms with Crippen LogP contribution in [0.15, 0.2) is 27.5 Å². The van der Waals surface area contributed by atoms with E-state index in [2.05, 4.69) is 25.9 Å². The van der Waals surface area contributed by atoms with E-state index in [0.717, 1.165) is 0 Å². The van der Waals surface area contributed by atoms with Gasteiger partial charge in [0, 0.05) is 16.5 Å². The first kappa shape index (κ1) is 14.9. The van der Waals surface area contributed by atoms with E-state index >= 15 is 0 Å². The summed E-state index contributed by atoms with van der Waals surface area (Å²) in [5.41, 5.74) is 0.574. The summed E-state index contributed by atoms with van der Waals surface area (Å²) in [5, 5.41) is 0. The van der Waals surface area contributed by atoms with Crippen LogP contribution in [0.25, 0.3) is 11.3 Å². The minimum atomic E-state index is -0.409. The van der Waals surface area contributed by atoms with Crippen LogP contribution in [-0.2, 0) is 5.41 Å². The molecule has 0 aliphatic heterocycles. The molecule has 0 fully saturated rings. The molecule has 1 N–H and O–H groups in total. The molecule has 20 heavy (non-hydrogen) atoms. The van der Waals surface area contributed by atoms with Gasteiger partial charge in [-0.05, 0) is 35.0 Å². The van der Waals surface area contributed by atoms with Crippen LogP contribution in [0.4, 0.5) is 4.39 Å². The smallest absolute Gasteiger partial charge is 0.254 e. The van der Waals surface area contributed by atoms with Crippen molar-refractivity contribution >= 4 is 15.9 Å². The quantitative estimate of drug-likeness (QED) is 0.855. The lowest BCUT2D eigenvalue weighted by atomic mass is 9.95. The fraction of sp³-hybridized carbons (Fsp3) is 0.333. The average Bonchev–Trinajstić information content (AvgIpc) is 2.35. The van der Waals surface area contributed by atoms with Crippen molar-refractivity contribution in [2.45, 2.75) is 33.1 Å². The Morgan fingerprint density at radius 2 is 1.95 bits per heavy atom. The van der Waals surface area contributed by atoms with E-state index in [1.807, 2.05) is 20.8 Å². The molecule has 2 aromatic rings. The lowest BCUT2D eigenvalue weighted by Gasteiger charge is -2.19. The van der Waals surface area contributed by atoms with Crippen molar-refractivity contribution in [2.24, 2.45) is 0 Å². The van der Waals surface area contributed by atoms with Gasteiger partial charge in [-0.2, -0.15) is 0 Å². The number of halogens is 2. The lowest BCUT2D eigenvalue weighted by molar-refractivity contribution is 0.542. The molecule has 5 heteroatoms. The van der Waals surface area contributed by atoms with Gasteiger partial charge in [-0.1, -0.05) is 26.8 Å². The average molecular weight is 339 g/mol. The number of aromatic amines is 1. The SMILES string of the molecule is Cc1c(-c2cccc(Br)c2F)nc(C(C)(C)C)[nH]c1=O. The summed E-state index contributed by atoms with van der Waals surface area (Å²) in [6.45, 7) is 7.49. The highest BCUT2D eigenvalue weighted by Gasteiger charge is 2.21. The van der Waals surface area contributed by atoms with E-state index in [4.69, 9.17) is 0 Å². The summed E-state index contributed by atoms with van der Waals surface area (Å²) in [5.74, 6) is 0.135. The first-order chi connectivity index (χ1) is 9.21. The van der Waals surface area contributed by atoms with Gasteiger partial charge in [-0.15, -0.1) is 0 Å². The Labute approximate surface area is 125 Å². The van der Waals surface area contributed by atoms with Gasteiger partial charge in [0.15, 0.2) is 0 Å². The minimum absolute atomic E-state index is 0.237. The number of benzene rings is 1. The van der Waals surface area contributed by atoms with E-state index in [-0.39, 0.29) is 11.0 Å². The Hall–Kier alpha value is -1.49. The van der Waals surface area contributed by atoms with Crippen molar-refractivity contribution in [3.05, 3.63) is 50.2 Å². The van der Waals surface area contributed by atoms with Gasteiger partial charge >= 0.3 is 0 Å². The number of aromatic nitrogens is 2. The molecule has 0 spiro atoms. The largest absolute Gasteiger partial charge is 0.310 e. The molecule has 1 heterocycles. The van der Waals surface area contributed by atoms with Crippen LogP contribution in [0.1, 0.15) is 32.2 Å². The molecule has 3 nitrogen and oxygen atoms in total. The van der Waals surface area contributed by atoms with E-state index < -0.39 is 5.82 Å². The minimum Gasteiger partial charge on any atom is -0.310 e. The van der Waals surface area contributed by atoms with Crippen LogP contribution in [0.5, 0.6) is 0 Å². The van der Waals surface area contributed by atoms with Crippen LogP contribution in [0.3, 0.4) is 0 Å². The molecule has 1 aromatic carbocycles. The monoisotopic (exact) mass is 338 g/mol. The predicted molar refractivity (Wildman–Crippen MR) is 81.4 cm³/mol. The molecule has 106 valence electrons. The Kier molecular flexibility index (Phi) is 3.82. The van der Waals surface area contributed by atoms with Gasteiger partial charge in [0.2, 0.25) is 0 Å². The van der Waals surface area contributed by atoms with Gasteiger partial charge in [0.1, 0.15) is 11.6 Å². The second kappa shape index (κ2) is 5.13. The maximum atomic E-state index is 14.2. The molecular formula is C15H16BrFN2O. The third-order valence-corrected chi connectivity index (χ3v) is 3.68. The maximum absolute atomic E-state index is 14.2. The van der Waals surface area contributed by atoms with Gasteiger partial charge < -0.3 is 4.98 Å². The molecule has 0 unspecified atom stereocenters. The fourth-order valence-electron chi connectivity index (χ4n) is 1.84. The van der Waals surface area contributed by atoms with E-state index in [1.165, 1.54) is 0 Å². The number of hydrogen-bond donors (Lipinski definition) is 1. The Balaban J connectivity index is 2.77. The summed E-state index contributed by atoms with van der Waals surface area (Å²) in [7, 11) is 0. The predicted octanol–water partition coefficient (Wildman–Crippen LogP) is 3.94. The molecule has 1 aromatic heterocycles. The zero-order valence-corrected chi connectivity index (χ0v) is 13.4. The van der Waals surface area contributed by atoms with Crippen molar-refractivity contribution in [1.82, 2.24) is 9.97 Å². The van der Waals surface area contributed by atoms with Crippen LogP contribution in [-0.4, -0.2) is 9.97 Å². The van der Waals surface area contributed by atoms with Crippen LogP contribution < -0.4 is 5.56 Å². The van der Waals surface area contributed by atoms with Crippen molar-refractivity contribution in [3.8, 4) is 11.3 Å². The molecule has 0 radical (unpaired) electrons. The molecule has 0 aliphatic carbocycles. The molecule has 0 aliphatic rings. The summed E-state index contributed by atoms with van der Waals surface area (Å²) < 4.78 is 14.6. The Bertz CT molecular complexity index is 717. The first-order valence-corrected chi connectivity index (χ1v) is 7.07. The molecule has 2 rings (SSSR count). The van der Waals surface area contributed by atoms with E-state index in [1.54, 1.807) is 25.1 Å².